The molecule has 1 aliphatic heterocycles. The summed E-state index contributed by atoms with van der Waals surface area (Å²) in [7, 11) is 0. The third kappa shape index (κ3) is 7.50. The minimum Gasteiger partial charge on any atom is -0.393 e. The topological polar surface area (TPSA) is 78.6 Å². The highest BCUT2D eigenvalue weighted by molar-refractivity contribution is 5.85. The number of rotatable bonds is 6. The average Bonchev–Trinajstić information content (AvgIpc) is 2.53. The molecule has 1 saturated heterocycles. The zero-order chi connectivity index (χ0) is 15.1. The molecular formula is C16H27Cl2N3O2. The minimum atomic E-state index is -0.601. The number of likely N-dealkylation sites (tertiary alicyclic amines) is 1. The Morgan fingerprint density at radius 2 is 1.87 bits per heavy atom. The number of aliphatic hydroxyl groups is 1. The molecular weight excluding hydrogens is 337 g/mol. The molecule has 0 aromatic heterocycles. The van der Waals surface area contributed by atoms with Gasteiger partial charge in [0.2, 0.25) is 5.91 Å². The highest BCUT2D eigenvalue weighted by atomic mass is 35.5. The van der Waals surface area contributed by atoms with Crippen LogP contribution in [0.5, 0.6) is 0 Å². The first kappa shape index (κ1) is 22.1. The van der Waals surface area contributed by atoms with Gasteiger partial charge >= 0.3 is 0 Å². The van der Waals surface area contributed by atoms with Crippen molar-refractivity contribution in [3.05, 3.63) is 35.9 Å². The van der Waals surface area contributed by atoms with E-state index in [1.165, 1.54) is 0 Å². The molecule has 132 valence electrons. The van der Waals surface area contributed by atoms with Crippen molar-refractivity contribution in [2.45, 2.75) is 31.4 Å². The number of amides is 1. The van der Waals surface area contributed by atoms with Gasteiger partial charge in [0.25, 0.3) is 0 Å². The lowest BCUT2D eigenvalue weighted by molar-refractivity contribution is -0.122. The molecule has 4 N–H and O–H groups in total. The summed E-state index contributed by atoms with van der Waals surface area (Å²) < 4.78 is 0. The van der Waals surface area contributed by atoms with E-state index in [0.717, 1.165) is 44.5 Å². The number of piperidine rings is 1. The molecule has 1 aliphatic rings. The fourth-order valence-corrected chi connectivity index (χ4v) is 2.58. The normalized spacial score (nSPS) is 16.8. The lowest BCUT2D eigenvalue weighted by Crippen LogP contribution is -2.39. The Morgan fingerprint density at radius 1 is 1.26 bits per heavy atom. The number of nitrogens with two attached hydrogens (primary N) is 1. The van der Waals surface area contributed by atoms with Crippen LogP contribution in [0.15, 0.2) is 30.3 Å². The maximum absolute atomic E-state index is 12.0. The Balaban J connectivity index is 0.00000242. The van der Waals surface area contributed by atoms with Crippen molar-refractivity contribution in [1.82, 2.24) is 10.2 Å². The molecule has 0 radical (unpaired) electrons. The second-order valence-electron chi connectivity index (χ2n) is 5.61. The maximum Gasteiger partial charge on any atom is 0.241 e. The molecule has 1 atom stereocenters. The molecule has 1 fully saturated rings. The summed E-state index contributed by atoms with van der Waals surface area (Å²) in [5, 5.41) is 12.3. The van der Waals surface area contributed by atoms with Crippen LogP contribution >= 0.6 is 24.8 Å². The lowest BCUT2D eigenvalue weighted by atomic mass is 10.1. The van der Waals surface area contributed by atoms with E-state index in [4.69, 9.17) is 5.73 Å². The first-order valence-corrected chi connectivity index (χ1v) is 7.65. The molecule has 1 heterocycles. The molecule has 2 rings (SSSR count). The van der Waals surface area contributed by atoms with E-state index in [0.29, 0.717) is 6.54 Å². The summed E-state index contributed by atoms with van der Waals surface area (Å²) in [6.07, 6.45) is 2.48. The molecule has 5 nitrogen and oxygen atoms in total. The first-order chi connectivity index (χ1) is 10.2. The number of carbonyl (C=O) groups excluding carboxylic acids is 1. The lowest BCUT2D eigenvalue weighted by Gasteiger charge is -2.29. The summed E-state index contributed by atoms with van der Waals surface area (Å²) in [6.45, 7) is 3.48. The number of hydrogen-bond acceptors (Lipinski definition) is 4. The molecule has 0 saturated carbocycles. The summed E-state index contributed by atoms with van der Waals surface area (Å²) in [4.78, 5) is 14.3. The molecule has 0 aliphatic carbocycles. The average molecular weight is 364 g/mol. The monoisotopic (exact) mass is 363 g/mol. The number of nitrogens with one attached hydrogen (secondary N) is 1. The van der Waals surface area contributed by atoms with Crippen molar-refractivity contribution in [3.8, 4) is 0 Å². The number of nitrogens with zero attached hydrogens (tertiary/aromatic N) is 1. The van der Waals surface area contributed by atoms with Crippen LogP contribution < -0.4 is 11.1 Å². The van der Waals surface area contributed by atoms with Gasteiger partial charge in [0.05, 0.1) is 6.10 Å². The number of halogens is 2. The van der Waals surface area contributed by atoms with Crippen LogP contribution in [0.4, 0.5) is 0 Å². The summed E-state index contributed by atoms with van der Waals surface area (Å²) in [5.41, 5.74) is 6.76. The van der Waals surface area contributed by atoms with Gasteiger partial charge < -0.3 is 21.1 Å². The van der Waals surface area contributed by atoms with Crippen molar-refractivity contribution in [2.24, 2.45) is 5.73 Å². The maximum atomic E-state index is 12.0. The number of aliphatic hydroxyl groups excluding tert-OH is 1. The van der Waals surface area contributed by atoms with Gasteiger partial charge in [-0.25, -0.2) is 0 Å². The van der Waals surface area contributed by atoms with Gasteiger partial charge in [-0.05, 0) is 31.4 Å². The SMILES string of the molecule is Cl.Cl.NC(C(=O)NCCCN1CCC(O)CC1)c1ccccc1. The Labute approximate surface area is 150 Å². The number of benzene rings is 1. The zero-order valence-corrected chi connectivity index (χ0v) is 14.8. The van der Waals surface area contributed by atoms with Gasteiger partial charge in [-0.2, -0.15) is 0 Å². The predicted octanol–water partition coefficient (Wildman–Crippen LogP) is 1.49. The summed E-state index contributed by atoms with van der Waals surface area (Å²) in [6, 6.07) is 8.80. The van der Waals surface area contributed by atoms with E-state index >= 15 is 0 Å². The predicted molar refractivity (Wildman–Crippen MR) is 97.2 cm³/mol. The zero-order valence-electron chi connectivity index (χ0n) is 13.2. The molecule has 1 unspecified atom stereocenters. The minimum absolute atomic E-state index is 0. The highest BCUT2D eigenvalue weighted by Gasteiger charge is 2.17. The van der Waals surface area contributed by atoms with E-state index in [1.807, 2.05) is 30.3 Å². The van der Waals surface area contributed by atoms with Crippen LogP contribution in [0.2, 0.25) is 0 Å². The van der Waals surface area contributed by atoms with Gasteiger partial charge in [-0.3, -0.25) is 4.79 Å². The second-order valence-corrected chi connectivity index (χ2v) is 5.61. The van der Waals surface area contributed by atoms with E-state index in [-0.39, 0.29) is 36.8 Å². The third-order valence-corrected chi connectivity index (χ3v) is 3.95. The standard InChI is InChI=1S/C16H25N3O2.2ClH/c17-15(13-5-2-1-3-6-13)16(21)18-9-4-10-19-11-7-14(20)8-12-19;;/h1-3,5-6,14-15,20H,4,7-12,17H2,(H,18,21);2*1H. The third-order valence-electron chi connectivity index (χ3n) is 3.95. The Kier molecular flexibility index (Phi) is 11.2. The van der Waals surface area contributed by atoms with Gasteiger partial charge in [0.1, 0.15) is 6.04 Å². The summed E-state index contributed by atoms with van der Waals surface area (Å²) in [5.74, 6) is -0.129. The smallest absolute Gasteiger partial charge is 0.241 e. The Bertz CT molecular complexity index is 440. The van der Waals surface area contributed by atoms with Crippen molar-refractivity contribution < 1.29 is 9.90 Å². The molecule has 0 spiro atoms. The Morgan fingerprint density at radius 3 is 2.48 bits per heavy atom. The fourth-order valence-electron chi connectivity index (χ4n) is 2.58. The number of hydrogen-bond donors (Lipinski definition) is 3. The van der Waals surface area contributed by atoms with Gasteiger partial charge in [0, 0.05) is 19.6 Å². The van der Waals surface area contributed by atoms with Crippen LogP contribution in [0.1, 0.15) is 30.9 Å². The second kappa shape index (κ2) is 11.6. The molecule has 1 aromatic rings. The molecule has 1 aromatic carbocycles. The van der Waals surface area contributed by atoms with Crippen molar-refractivity contribution in [3.63, 3.8) is 0 Å². The largest absolute Gasteiger partial charge is 0.393 e. The van der Waals surface area contributed by atoms with Crippen LogP contribution in [-0.4, -0.2) is 48.2 Å². The fraction of sp³-hybridized carbons (Fsp3) is 0.562. The quantitative estimate of drug-likeness (QED) is 0.669. The van der Waals surface area contributed by atoms with Crippen molar-refractivity contribution >= 4 is 30.7 Å². The van der Waals surface area contributed by atoms with Gasteiger partial charge in [0.15, 0.2) is 0 Å². The first-order valence-electron chi connectivity index (χ1n) is 7.65. The molecule has 1 amide bonds. The van der Waals surface area contributed by atoms with Gasteiger partial charge in [-0.15, -0.1) is 24.8 Å². The van der Waals surface area contributed by atoms with Crippen molar-refractivity contribution in [2.75, 3.05) is 26.2 Å². The van der Waals surface area contributed by atoms with Crippen LogP contribution in [0.3, 0.4) is 0 Å². The molecule has 0 bridgehead atoms. The summed E-state index contributed by atoms with van der Waals surface area (Å²) >= 11 is 0. The van der Waals surface area contributed by atoms with E-state index in [9.17, 15) is 9.90 Å². The highest BCUT2D eigenvalue weighted by Crippen LogP contribution is 2.10. The van der Waals surface area contributed by atoms with Crippen LogP contribution in [0.25, 0.3) is 0 Å². The molecule has 7 heteroatoms. The van der Waals surface area contributed by atoms with E-state index in [1.54, 1.807) is 0 Å². The van der Waals surface area contributed by atoms with Crippen LogP contribution in [0, 0.1) is 0 Å². The molecule has 23 heavy (non-hydrogen) atoms. The number of carbonyl (C=O) groups is 1. The van der Waals surface area contributed by atoms with E-state index < -0.39 is 6.04 Å². The van der Waals surface area contributed by atoms with Gasteiger partial charge in [-0.1, -0.05) is 30.3 Å². The Hall–Kier alpha value is -0.850. The van der Waals surface area contributed by atoms with E-state index in [2.05, 4.69) is 10.2 Å². The van der Waals surface area contributed by atoms with Crippen molar-refractivity contribution in [1.29, 1.82) is 0 Å². The van der Waals surface area contributed by atoms with Crippen LogP contribution in [-0.2, 0) is 4.79 Å².